The van der Waals surface area contributed by atoms with Crippen molar-refractivity contribution < 1.29 is 13.2 Å². The molecule has 14 heavy (non-hydrogen) atoms. The van der Waals surface area contributed by atoms with Crippen molar-refractivity contribution in [3.8, 4) is 0 Å². The van der Waals surface area contributed by atoms with Crippen molar-refractivity contribution in [1.82, 2.24) is 10.2 Å². The third-order valence-corrected chi connectivity index (χ3v) is 2.61. The first kappa shape index (κ1) is 11.8. The Morgan fingerprint density at radius 2 is 2.00 bits per heavy atom. The molecule has 1 saturated heterocycles. The van der Waals surface area contributed by atoms with Gasteiger partial charge in [0.1, 0.15) is 0 Å². The van der Waals surface area contributed by atoms with Crippen molar-refractivity contribution in [2.24, 2.45) is 5.92 Å². The van der Waals surface area contributed by atoms with E-state index in [4.69, 9.17) is 0 Å². The standard InChI is InChI=1S/C9H17F3N2/c1-7(2)14-4-3-13-5-8(6-14)9(10,11)12/h7-8,13H,3-6H2,1-2H3. The van der Waals surface area contributed by atoms with Crippen LogP contribution in [0.1, 0.15) is 13.8 Å². The van der Waals surface area contributed by atoms with Crippen LogP contribution in [0.25, 0.3) is 0 Å². The first-order valence-corrected chi connectivity index (χ1v) is 4.92. The Hall–Kier alpha value is -0.290. The average molecular weight is 210 g/mol. The molecule has 0 aromatic rings. The molecule has 1 rings (SSSR count). The van der Waals surface area contributed by atoms with Gasteiger partial charge in [-0.1, -0.05) is 0 Å². The van der Waals surface area contributed by atoms with Crippen LogP contribution in [0.4, 0.5) is 13.2 Å². The quantitative estimate of drug-likeness (QED) is 0.705. The Morgan fingerprint density at radius 1 is 1.36 bits per heavy atom. The molecule has 0 spiro atoms. The lowest BCUT2D eigenvalue weighted by Crippen LogP contribution is -2.40. The number of hydrogen-bond acceptors (Lipinski definition) is 2. The van der Waals surface area contributed by atoms with Crippen molar-refractivity contribution in [3.63, 3.8) is 0 Å². The number of hydrogen-bond donors (Lipinski definition) is 1. The summed E-state index contributed by atoms with van der Waals surface area (Å²) in [5.41, 5.74) is 0. The van der Waals surface area contributed by atoms with E-state index < -0.39 is 12.1 Å². The second kappa shape index (κ2) is 4.49. The van der Waals surface area contributed by atoms with E-state index in [-0.39, 0.29) is 19.1 Å². The van der Waals surface area contributed by atoms with Crippen LogP contribution in [0, 0.1) is 5.92 Å². The van der Waals surface area contributed by atoms with Gasteiger partial charge in [-0.2, -0.15) is 13.2 Å². The second-order valence-electron chi connectivity index (χ2n) is 4.03. The number of nitrogens with zero attached hydrogens (tertiary/aromatic N) is 1. The predicted molar refractivity (Wildman–Crippen MR) is 49.1 cm³/mol. The first-order valence-electron chi connectivity index (χ1n) is 4.92. The van der Waals surface area contributed by atoms with E-state index in [0.717, 1.165) is 0 Å². The second-order valence-corrected chi connectivity index (χ2v) is 4.03. The summed E-state index contributed by atoms with van der Waals surface area (Å²) in [6.45, 7) is 5.37. The zero-order valence-corrected chi connectivity index (χ0v) is 8.56. The van der Waals surface area contributed by atoms with Crippen molar-refractivity contribution >= 4 is 0 Å². The van der Waals surface area contributed by atoms with Crippen molar-refractivity contribution in [3.05, 3.63) is 0 Å². The van der Waals surface area contributed by atoms with Gasteiger partial charge in [0.2, 0.25) is 0 Å². The van der Waals surface area contributed by atoms with Crippen LogP contribution in [-0.2, 0) is 0 Å². The maximum atomic E-state index is 12.5. The van der Waals surface area contributed by atoms with Crippen molar-refractivity contribution in [1.29, 1.82) is 0 Å². The summed E-state index contributed by atoms with van der Waals surface area (Å²) in [5, 5.41) is 2.83. The molecule has 0 aromatic carbocycles. The summed E-state index contributed by atoms with van der Waals surface area (Å²) in [5.74, 6) is -1.23. The highest BCUT2D eigenvalue weighted by Gasteiger charge is 2.41. The molecule has 0 radical (unpaired) electrons. The summed E-state index contributed by atoms with van der Waals surface area (Å²) < 4.78 is 37.5. The molecule has 0 amide bonds. The highest BCUT2D eigenvalue weighted by Crippen LogP contribution is 2.27. The molecule has 0 aromatic heterocycles. The van der Waals surface area contributed by atoms with Gasteiger partial charge in [-0.3, -0.25) is 4.90 Å². The van der Waals surface area contributed by atoms with Gasteiger partial charge in [-0.05, 0) is 13.8 Å². The van der Waals surface area contributed by atoms with E-state index in [1.54, 1.807) is 0 Å². The van der Waals surface area contributed by atoms with E-state index in [0.29, 0.717) is 13.1 Å². The minimum atomic E-state index is -4.08. The Morgan fingerprint density at radius 3 is 2.50 bits per heavy atom. The predicted octanol–water partition coefficient (Wildman–Crippen LogP) is 1.48. The molecule has 1 atom stereocenters. The van der Waals surface area contributed by atoms with Gasteiger partial charge in [-0.25, -0.2) is 0 Å². The molecule has 0 aliphatic carbocycles. The molecule has 1 aliphatic heterocycles. The van der Waals surface area contributed by atoms with Crippen LogP contribution >= 0.6 is 0 Å². The fraction of sp³-hybridized carbons (Fsp3) is 1.00. The summed E-state index contributed by atoms with van der Waals surface area (Å²) in [6.07, 6.45) is -4.08. The molecule has 0 saturated carbocycles. The molecule has 1 unspecified atom stereocenters. The lowest BCUT2D eigenvalue weighted by Gasteiger charge is -2.28. The number of halogens is 3. The monoisotopic (exact) mass is 210 g/mol. The topological polar surface area (TPSA) is 15.3 Å². The van der Waals surface area contributed by atoms with E-state index in [9.17, 15) is 13.2 Å². The van der Waals surface area contributed by atoms with Crippen molar-refractivity contribution in [2.45, 2.75) is 26.1 Å². The summed E-state index contributed by atoms with van der Waals surface area (Å²) >= 11 is 0. The highest BCUT2D eigenvalue weighted by molar-refractivity contribution is 4.80. The van der Waals surface area contributed by atoms with Crippen LogP contribution in [0.5, 0.6) is 0 Å². The molecular formula is C9H17F3N2. The van der Waals surface area contributed by atoms with Gasteiger partial charge in [-0.15, -0.1) is 0 Å². The zero-order chi connectivity index (χ0) is 10.8. The number of nitrogens with one attached hydrogen (secondary N) is 1. The van der Waals surface area contributed by atoms with Crippen LogP contribution < -0.4 is 5.32 Å². The zero-order valence-electron chi connectivity index (χ0n) is 8.56. The Bertz CT molecular complexity index is 179. The van der Waals surface area contributed by atoms with E-state index >= 15 is 0 Å². The van der Waals surface area contributed by atoms with Gasteiger partial charge >= 0.3 is 6.18 Å². The summed E-state index contributed by atoms with van der Waals surface area (Å²) in [7, 11) is 0. The molecule has 2 nitrogen and oxygen atoms in total. The van der Waals surface area contributed by atoms with Gasteiger partial charge in [0.15, 0.2) is 0 Å². The number of rotatable bonds is 1. The Labute approximate surface area is 82.5 Å². The van der Waals surface area contributed by atoms with Gasteiger partial charge < -0.3 is 5.32 Å². The molecule has 1 heterocycles. The van der Waals surface area contributed by atoms with Crippen LogP contribution in [0.2, 0.25) is 0 Å². The van der Waals surface area contributed by atoms with Crippen LogP contribution in [0.3, 0.4) is 0 Å². The largest absolute Gasteiger partial charge is 0.394 e. The maximum absolute atomic E-state index is 12.5. The smallest absolute Gasteiger partial charge is 0.315 e. The Kier molecular flexibility index (Phi) is 3.78. The third kappa shape index (κ3) is 3.13. The van der Waals surface area contributed by atoms with Crippen molar-refractivity contribution in [2.75, 3.05) is 26.2 Å². The number of alkyl halides is 3. The fourth-order valence-corrected chi connectivity index (χ4v) is 1.63. The molecule has 0 bridgehead atoms. The minimum Gasteiger partial charge on any atom is -0.315 e. The maximum Gasteiger partial charge on any atom is 0.394 e. The molecule has 1 aliphatic rings. The lowest BCUT2D eigenvalue weighted by atomic mass is 10.1. The van der Waals surface area contributed by atoms with Gasteiger partial charge in [0.25, 0.3) is 0 Å². The lowest BCUT2D eigenvalue weighted by molar-refractivity contribution is -0.176. The third-order valence-electron chi connectivity index (χ3n) is 2.61. The SMILES string of the molecule is CC(C)N1CCNCC(C(F)(F)F)C1. The Balaban J connectivity index is 2.60. The van der Waals surface area contributed by atoms with E-state index in [1.165, 1.54) is 0 Å². The highest BCUT2D eigenvalue weighted by atomic mass is 19.4. The molecular weight excluding hydrogens is 193 g/mol. The first-order chi connectivity index (χ1) is 6.41. The minimum absolute atomic E-state index is 0.0483. The van der Waals surface area contributed by atoms with Crippen LogP contribution in [0.15, 0.2) is 0 Å². The van der Waals surface area contributed by atoms with Crippen LogP contribution in [-0.4, -0.2) is 43.3 Å². The summed E-state index contributed by atoms with van der Waals surface area (Å²) in [4.78, 5) is 1.87. The van der Waals surface area contributed by atoms with E-state index in [1.807, 2.05) is 18.7 Å². The average Bonchev–Trinajstić information content (AvgIpc) is 2.26. The molecule has 1 fully saturated rings. The molecule has 1 N–H and O–H groups in total. The van der Waals surface area contributed by atoms with Gasteiger partial charge in [0, 0.05) is 32.2 Å². The normalized spacial score (nSPS) is 26.6. The van der Waals surface area contributed by atoms with Gasteiger partial charge in [0.05, 0.1) is 5.92 Å². The summed E-state index contributed by atoms with van der Waals surface area (Å²) in [6, 6.07) is 0.180. The molecule has 5 heteroatoms. The molecule has 84 valence electrons. The van der Waals surface area contributed by atoms with E-state index in [2.05, 4.69) is 5.32 Å². The fourth-order valence-electron chi connectivity index (χ4n) is 1.63.